The molecule has 1 unspecified atom stereocenters. The Kier molecular flexibility index (Phi) is 7.92. The standard InChI is InChI=1S/C14H24NPS/c1-4-16(14-8-6-5-7-9-14)12-10-15(2)11-13-17-3/h5-9H,4,10-13H2,1-3H3. The molecule has 0 radical (unpaired) electrons. The topological polar surface area (TPSA) is 3.24 Å². The lowest BCUT2D eigenvalue weighted by Crippen LogP contribution is -2.25. The van der Waals surface area contributed by atoms with Gasteiger partial charge >= 0.3 is 0 Å². The lowest BCUT2D eigenvalue weighted by Gasteiger charge is -2.21. The van der Waals surface area contributed by atoms with Crippen LogP contribution in [0, 0.1) is 0 Å². The van der Waals surface area contributed by atoms with Gasteiger partial charge in [0.1, 0.15) is 0 Å². The second-order valence-electron chi connectivity index (χ2n) is 4.21. The van der Waals surface area contributed by atoms with Crippen molar-refractivity contribution in [2.45, 2.75) is 6.92 Å². The van der Waals surface area contributed by atoms with Crippen molar-refractivity contribution in [3.05, 3.63) is 30.3 Å². The van der Waals surface area contributed by atoms with E-state index < -0.39 is 0 Å². The summed E-state index contributed by atoms with van der Waals surface area (Å²) < 4.78 is 0. The summed E-state index contributed by atoms with van der Waals surface area (Å²) in [4.78, 5) is 2.46. The molecule has 0 N–H and O–H groups in total. The fraction of sp³-hybridized carbons (Fsp3) is 0.571. The van der Waals surface area contributed by atoms with Gasteiger partial charge in [-0.1, -0.05) is 45.2 Å². The maximum Gasteiger partial charge on any atom is 0.00693 e. The molecule has 96 valence electrons. The Labute approximate surface area is 112 Å². The molecule has 0 aliphatic heterocycles. The van der Waals surface area contributed by atoms with Crippen molar-refractivity contribution in [2.75, 3.05) is 44.5 Å². The van der Waals surface area contributed by atoms with E-state index in [1.54, 1.807) is 5.30 Å². The zero-order chi connectivity index (χ0) is 12.5. The molecule has 3 heteroatoms. The maximum absolute atomic E-state index is 2.46. The molecule has 0 aliphatic carbocycles. The van der Waals surface area contributed by atoms with Gasteiger partial charge in [0, 0.05) is 18.8 Å². The first-order valence-corrected chi connectivity index (χ1v) is 9.36. The van der Waals surface area contributed by atoms with Crippen LogP contribution >= 0.6 is 19.7 Å². The Morgan fingerprint density at radius 3 is 2.47 bits per heavy atom. The van der Waals surface area contributed by atoms with E-state index in [9.17, 15) is 0 Å². The van der Waals surface area contributed by atoms with Crippen LogP contribution in [0.2, 0.25) is 0 Å². The normalized spacial score (nSPS) is 12.9. The van der Waals surface area contributed by atoms with Crippen molar-refractivity contribution in [3.63, 3.8) is 0 Å². The smallest absolute Gasteiger partial charge is 0.00693 e. The number of benzene rings is 1. The minimum absolute atomic E-state index is 0.0505. The Bertz CT molecular complexity index is 292. The van der Waals surface area contributed by atoms with E-state index >= 15 is 0 Å². The van der Waals surface area contributed by atoms with Crippen molar-refractivity contribution in [2.24, 2.45) is 0 Å². The molecule has 0 fully saturated rings. The second-order valence-corrected chi connectivity index (χ2v) is 7.87. The van der Waals surface area contributed by atoms with Crippen molar-refractivity contribution in [1.82, 2.24) is 4.90 Å². The van der Waals surface area contributed by atoms with Gasteiger partial charge in [0.2, 0.25) is 0 Å². The number of rotatable bonds is 8. The van der Waals surface area contributed by atoms with Gasteiger partial charge in [-0.2, -0.15) is 11.8 Å². The molecule has 1 nitrogen and oxygen atoms in total. The summed E-state index contributed by atoms with van der Waals surface area (Å²) >= 11 is 1.93. The van der Waals surface area contributed by atoms with Crippen LogP contribution in [0.4, 0.5) is 0 Å². The van der Waals surface area contributed by atoms with E-state index in [0.29, 0.717) is 0 Å². The zero-order valence-electron chi connectivity index (χ0n) is 11.2. The highest BCUT2D eigenvalue weighted by Crippen LogP contribution is 2.33. The van der Waals surface area contributed by atoms with Gasteiger partial charge in [-0.25, -0.2) is 0 Å². The van der Waals surface area contributed by atoms with E-state index in [2.05, 4.69) is 55.5 Å². The Morgan fingerprint density at radius 2 is 1.88 bits per heavy atom. The van der Waals surface area contributed by atoms with Gasteiger partial charge < -0.3 is 4.90 Å². The van der Waals surface area contributed by atoms with Crippen molar-refractivity contribution >= 4 is 25.0 Å². The molecule has 0 spiro atoms. The minimum atomic E-state index is 0.0505. The van der Waals surface area contributed by atoms with E-state index in [4.69, 9.17) is 0 Å². The first kappa shape index (κ1) is 15.0. The average Bonchev–Trinajstić information content (AvgIpc) is 2.38. The average molecular weight is 269 g/mol. The van der Waals surface area contributed by atoms with Crippen LogP contribution < -0.4 is 5.30 Å². The van der Waals surface area contributed by atoms with E-state index in [-0.39, 0.29) is 7.92 Å². The molecular weight excluding hydrogens is 245 g/mol. The quantitative estimate of drug-likeness (QED) is 0.667. The molecule has 0 aliphatic rings. The molecule has 0 saturated heterocycles. The molecule has 1 aromatic carbocycles. The Hall–Kier alpha value is -0.0400. The molecule has 17 heavy (non-hydrogen) atoms. The number of hydrogen-bond donors (Lipinski definition) is 0. The fourth-order valence-electron chi connectivity index (χ4n) is 1.76. The van der Waals surface area contributed by atoms with Gasteiger partial charge in [0.05, 0.1) is 0 Å². The predicted molar refractivity (Wildman–Crippen MR) is 84.3 cm³/mol. The maximum atomic E-state index is 2.46. The highest BCUT2D eigenvalue weighted by Gasteiger charge is 2.09. The minimum Gasteiger partial charge on any atom is -0.305 e. The van der Waals surface area contributed by atoms with E-state index in [0.717, 1.165) is 0 Å². The molecule has 1 aromatic rings. The highest BCUT2D eigenvalue weighted by atomic mass is 32.2. The number of hydrogen-bond acceptors (Lipinski definition) is 2. The highest BCUT2D eigenvalue weighted by molar-refractivity contribution is 7.98. The number of nitrogens with zero attached hydrogens (tertiary/aromatic N) is 1. The second kappa shape index (κ2) is 8.97. The molecular formula is C14H24NPS. The van der Waals surface area contributed by atoms with Crippen LogP contribution in [0.5, 0.6) is 0 Å². The summed E-state index contributed by atoms with van der Waals surface area (Å²) in [6.45, 7) is 4.76. The SMILES string of the molecule is CCP(CCN(C)CCSC)c1ccccc1. The van der Waals surface area contributed by atoms with Crippen molar-refractivity contribution in [1.29, 1.82) is 0 Å². The summed E-state index contributed by atoms with van der Waals surface area (Å²) in [6, 6.07) is 11.0. The molecule has 0 amide bonds. The predicted octanol–water partition coefficient (Wildman–Crippen LogP) is 3.11. The summed E-state index contributed by atoms with van der Waals surface area (Å²) in [5.74, 6) is 1.24. The molecule has 0 saturated carbocycles. The van der Waals surface area contributed by atoms with E-state index in [1.807, 2.05) is 11.8 Å². The molecule has 1 atom stereocenters. The van der Waals surface area contributed by atoms with Crippen LogP contribution in [0.3, 0.4) is 0 Å². The van der Waals surface area contributed by atoms with Gasteiger partial charge in [0.15, 0.2) is 0 Å². The van der Waals surface area contributed by atoms with E-state index in [1.165, 1.54) is 31.2 Å². The fourth-order valence-corrected chi connectivity index (χ4v) is 4.37. The Balaban J connectivity index is 2.38. The van der Waals surface area contributed by atoms with Crippen LogP contribution in [0.15, 0.2) is 30.3 Å². The third-order valence-electron chi connectivity index (χ3n) is 2.93. The monoisotopic (exact) mass is 269 g/mol. The van der Waals surface area contributed by atoms with Crippen molar-refractivity contribution < 1.29 is 0 Å². The molecule has 0 bridgehead atoms. The zero-order valence-corrected chi connectivity index (χ0v) is 12.9. The van der Waals surface area contributed by atoms with Crippen LogP contribution in [-0.4, -0.2) is 49.4 Å². The summed E-state index contributed by atoms with van der Waals surface area (Å²) in [5.41, 5.74) is 0. The summed E-state index contributed by atoms with van der Waals surface area (Å²) in [6.07, 6.45) is 4.81. The van der Waals surface area contributed by atoms with Gasteiger partial charge in [-0.15, -0.1) is 0 Å². The lowest BCUT2D eigenvalue weighted by atomic mass is 10.4. The third kappa shape index (κ3) is 5.90. The Morgan fingerprint density at radius 1 is 1.18 bits per heavy atom. The first-order valence-electron chi connectivity index (χ1n) is 6.25. The summed E-state index contributed by atoms with van der Waals surface area (Å²) in [5, 5.41) is 1.56. The molecule has 1 rings (SSSR count). The third-order valence-corrected chi connectivity index (χ3v) is 6.05. The number of thioether (sulfide) groups is 1. The van der Waals surface area contributed by atoms with Crippen LogP contribution in [0.25, 0.3) is 0 Å². The van der Waals surface area contributed by atoms with Crippen LogP contribution in [0.1, 0.15) is 6.92 Å². The van der Waals surface area contributed by atoms with Crippen molar-refractivity contribution in [3.8, 4) is 0 Å². The summed E-state index contributed by atoms with van der Waals surface area (Å²) in [7, 11) is 2.29. The van der Waals surface area contributed by atoms with Crippen LogP contribution in [-0.2, 0) is 0 Å². The van der Waals surface area contributed by atoms with Gasteiger partial charge in [-0.3, -0.25) is 0 Å². The largest absolute Gasteiger partial charge is 0.305 e. The molecule has 0 heterocycles. The first-order chi connectivity index (χ1) is 8.27. The molecule has 0 aromatic heterocycles. The van der Waals surface area contributed by atoms with Gasteiger partial charge in [0.25, 0.3) is 0 Å². The lowest BCUT2D eigenvalue weighted by molar-refractivity contribution is 0.379. The van der Waals surface area contributed by atoms with Gasteiger partial charge in [-0.05, 0) is 30.9 Å².